The van der Waals surface area contributed by atoms with Crippen LogP contribution < -0.4 is 5.32 Å². The van der Waals surface area contributed by atoms with Gasteiger partial charge in [-0.15, -0.1) is 0 Å². The van der Waals surface area contributed by atoms with Crippen LogP contribution in [0.5, 0.6) is 0 Å². The highest BCUT2D eigenvalue weighted by Crippen LogP contribution is 2.13. The van der Waals surface area contributed by atoms with E-state index in [4.69, 9.17) is 4.74 Å². The van der Waals surface area contributed by atoms with Gasteiger partial charge in [0.1, 0.15) is 0 Å². The number of ether oxygens (including phenoxy) is 1. The third-order valence-corrected chi connectivity index (χ3v) is 3.01. The Morgan fingerprint density at radius 3 is 2.22 bits per heavy atom. The summed E-state index contributed by atoms with van der Waals surface area (Å²) in [4.78, 5) is 13.3. The standard InChI is InChI=1S/C14H22N2O2/c1-10(11(2)18-5)15-13-8-6-12(7-9-13)14(17)16(3)4/h6-11,15H,1-5H3. The Labute approximate surface area is 109 Å². The largest absolute Gasteiger partial charge is 0.380 e. The van der Waals surface area contributed by atoms with Crippen LogP contribution in [0.1, 0.15) is 24.2 Å². The van der Waals surface area contributed by atoms with Gasteiger partial charge in [-0.2, -0.15) is 0 Å². The second-order valence-electron chi connectivity index (χ2n) is 4.65. The summed E-state index contributed by atoms with van der Waals surface area (Å²) in [5, 5.41) is 3.34. The molecule has 0 saturated heterocycles. The van der Waals surface area contributed by atoms with Crippen LogP contribution in [-0.4, -0.2) is 44.2 Å². The monoisotopic (exact) mass is 250 g/mol. The molecule has 4 heteroatoms. The summed E-state index contributed by atoms with van der Waals surface area (Å²) in [6.07, 6.45) is 0.132. The lowest BCUT2D eigenvalue weighted by atomic mass is 10.1. The first-order valence-electron chi connectivity index (χ1n) is 6.06. The van der Waals surface area contributed by atoms with Crippen molar-refractivity contribution in [1.82, 2.24) is 4.90 Å². The predicted molar refractivity (Wildman–Crippen MR) is 74.0 cm³/mol. The molecule has 0 aliphatic carbocycles. The summed E-state index contributed by atoms with van der Waals surface area (Å²) in [6.45, 7) is 4.08. The Morgan fingerprint density at radius 2 is 1.78 bits per heavy atom. The maximum Gasteiger partial charge on any atom is 0.253 e. The molecule has 1 aromatic carbocycles. The highest BCUT2D eigenvalue weighted by molar-refractivity contribution is 5.94. The third-order valence-electron chi connectivity index (χ3n) is 3.01. The van der Waals surface area contributed by atoms with Crippen molar-refractivity contribution >= 4 is 11.6 Å². The fraction of sp³-hybridized carbons (Fsp3) is 0.500. The molecule has 0 aromatic heterocycles. The van der Waals surface area contributed by atoms with Crippen molar-refractivity contribution in [3.8, 4) is 0 Å². The normalized spacial score (nSPS) is 13.8. The van der Waals surface area contributed by atoms with Crippen molar-refractivity contribution in [3.05, 3.63) is 29.8 Å². The van der Waals surface area contributed by atoms with E-state index in [-0.39, 0.29) is 18.1 Å². The average Bonchev–Trinajstić information content (AvgIpc) is 2.37. The average molecular weight is 250 g/mol. The number of anilines is 1. The highest BCUT2D eigenvalue weighted by atomic mass is 16.5. The van der Waals surface area contributed by atoms with Crippen LogP contribution in [0.4, 0.5) is 5.69 Å². The molecule has 100 valence electrons. The van der Waals surface area contributed by atoms with Crippen molar-refractivity contribution in [1.29, 1.82) is 0 Å². The molecular formula is C14H22N2O2. The number of nitrogens with one attached hydrogen (secondary N) is 1. The molecule has 0 bridgehead atoms. The van der Waals surface area contributed by atoms with Gasteiger partial charge in [-0.1, -0.05) is 0 Å². The van der Waals surface area contributed by atoms with Crippen LogP contribution in [0.25, 0.3) is 0 Å². The minimum absolute atomic E-state index is 0.0138. The zero-order chi connectivity index (χ0) is 13.7. The summed E-state index contributed by atoms with van der Waals surface area (Å²) in [7, 11) is 5.19. The molecule has 0 spiro atoms. The lowest BCUT2D eigenvalue weighted by Crippen LogP contribution is -2.29. The van der Waals surface area contributed by atoms with Gasteiger partial charge in [0.25, 0.3) is 5.91 Å². The van der Waals surface area contributed by atoms with Crippen LogP contribution >= 0.6 is 0 Å². The van der Waals surface area contributed by atoms with Gasteiger partial charge in [0.05, 0.1) is 6.10 Å². The predicted octanol–water partition coefficient (Wildman–Crippen LogP) is 2.22. The van der Waals surface area contributed by atoms with E-state index < -0.39 is 0 Å². The molecule has 0 aliphatic rings. The number of methoxy groups -OCH3 is 1. The van der Waals surface area contributed by atoms with E-state index in [9.17, 15) is 4.79 Å². The number of hydrogen-bond donors (Lipinski definition) is 1. The first-order chi connectivity index (χ1) is 8.45. The highest BCUT2D eigenvalue weighted by Gasteiger charge is 2.11. The van der Waals surface area contributed by atoms with Crippen molar-refractivity contribution < 1.29 is 9.53 Å². The maximum absolute atomic E-state index is 11.7. The Kier molecular flexibility index (Phi) is 5.16. The Hall–Kier alpha value is -1.55. The van der Waals surface area contributed by atoms with E-state index in [1.807, 2.05) is 31.2 Å². The SMILES string of the molecule is COC(C)C(C)Nc1ccc(C(=O)N(C)C)cc1. The molecule has 1 rings (SSSR count). The Balaban J connectivity index is 2.69. The molecule has 0 saturated carbocycles. The first kappa shape index (κ1) is 14.5. The molecule has 0 fully saturated rings. The maximum atomic E-state index is 11.7. The van der Waals surface area contributed by atoms with Gasteiger partial charge in [-0.25, -0.2) is 0 Å². The van der Waals surface area contributed by atoms with E-state index in [2.05, 4.69) is 12.2 Å². The number of nitrogens with zero attached hydrogens (tertiary/aromatic N) is 1. The molecule has 1 aromatic rings. The van der Waals surface area contributed by atoms with Crippen LogP contribution in [-0.2, 0) is 4.74 Å². The van der Waals surface area contributed by atoms with E-state index in [0.29, 0.717) is 5.56 Å². The van der Waals surface area contributed by atoms with Crippen molar-refractivity contribution in [2.24, 2.45) is 0 Å². The minimum Gasteiger partial charge on any atom is -0.380 e. The molecule has 0 aliphatic heterocycles. The molecule has 0 radical (unpaired) electrons. The van der Waals surface area contributed by atoms with Crippen LogP contribution in [0.15, 0.2) is 24.3 Å². The second kappa shape index (κ2) is 6.40. The lowest BCUT2D eigenvalue weighted by Gasteiger charge is -2.21. The Bertz CT molecular complexity index is 387. The van der Waals surface area contributed by atoms with E-state index in [1.165, 1.54) is 0 Å². The van der Waals surface area contributed by atoms with Gasteiger partial charge in [0, 0.05) is 38.5 Å². The van der Waals surface area contributed by atoms with Crippen molar-refractivity contribution in [2.45, 2.75) is 26.0 Å². The zero-order valence-electron chi connectivity index (χ0n) is 11.7. The number of hydrogen-bond acceptors (Lipinski definition) is 3. The quantitative estimate of drug-likeness (QED) is 0.871. The number of carbonyl (C=O) groups is 1. The van der Waals surface area contributed by atoms with Gasteiger partial charge < -0.3 is 15.0 Å². The van der Waals surface area contributed by atoms with Crippen molar-refractivity contribution in [2.75, 3.05) is 26.5 Å². The lowest BCUT2D eigenvalue weighted by molar-refractivity contribution is 0.0827. The summed E-state index contributed by atoms with van der Waals surface area (Å²) in [6, 6.07) is 7.69. The first-order valence-corrected chi connectivity index (χ1v) is 6.06. The topological polar surface area (TPSA) is 41.6 Å². The second-order valence-corrected chi connectivity index (χ2v) is 4.65. The van der Waals surface area contributed by atoms with Gasteiger partial charge in [0.15, 0.2) is 0 Å². The van der Waals surface area contributed by atoms with Crippen LogP contribution in [0.3, 0.4) is 0 Å². The molecule has 1 amide bonds. The molecule has 1 N–H and O–H groups in total. The van der Waals surface area contributed by atoms with Gasteiger partial charge in [0.2, 0.25) is 0 Å². The fourth-order valence-electron chi connectivity index (χ4n) is 1.55. The molecular weight excluding hydrogens is 228 g/mol. The molecule has 4 nitrogen and oxygen atoms in total. The van der Waals surface area contributed by atoms with Crippen LogP contribution in [0.2, 0.25) is 0 Å². The smallest absolute Gasteiger partial charge is 0.253 e. The molecule has 2 unspecified atom stereocenters. The molecule has 0 heterocycles. The number of benzene rings is 1. The van der Waals surface area contributed by atoms with Gasteiger partial charge in [-0.05, 0) is 38.1 Å². The summed E-state index contributed by atoms with van der Waals surface area (Å²) >= 11 is 0. The molecule has 2 atom stereocenters. The van der Waals surface area contributed by atoms with Crippen molar-refractivity contribution in [3.63, 3.8) is 0 Å². The molecule has 18 heavy (non-hydrogen) atoms. The number of carbonyl (C=O) groups excluding carboxylic acids is 1. The van der Waals surface area contributed by atoms with Gasteiger partial charge >= 0.3 is 0 Å². The fourth-order valence-corrected chi connectivity index (χ4v) is 1.55. The summed E-state index contributed by atoms with van der Waals surface area (Å²) in [5.74, 6) is 0.0138. The van der Waals surface area contributed by atoms with E-state index in [0.717, 1.165) is 5.69 Å². The third kappa shape index (κ3) is 3.74. The minimum atomic E-state index is 0.0138. The Morgan fingerprint density at radius 1 is 1.22 bits per heavy atom. The van der Waals surface area contributed by atoms with Gasteiger partial charge in [-0.3, -0.25) is 4.79 Å². The summed E-state index contributed by atoms with van der Waals surface area (Å²) in [5.41, 5.74) is 1.68. The van der Waals surface area contributed by atoms with Crippen LogP contribution in [0, 0.1) is 0 Å². The summed E-state index contributed by atoms with van der Waals surface area (Å²) < 4.78 is 5.25. The van der Waals surface area contributed by atoms with E-state index in [1.54, 1.807) is 26.1 Å². The zero-order valence-corrected chi connectivity index (χ0v) is 11.7. The number of rotatable bonds is 5. The van der Waals surface area contributed by atoms with E-state index >= 15 is 0 Å². The number of amides is 1.